The van der Waals surface area contributed by atoms with Crippen molar-refractivity contribution < 1.29 is 49.0 Å². The van der Waals surface area contributed by atoms with E-state index in [4.69, 9.17) is 10.00 Å². The van der Waals surface area contributed by atoms with Gasteiger partial charge in [-0.2, -0.15) is 44.8 Å². The first-order chi connectivity index (χ1) is 16.2. The number of alkyl halides is 9. The second kappa shape index (κ2) is 9.35. The maximum atomic E-state index is 13.1. The molecule has 0 saturated carbocycles. The quantitative estimate of drug-likeness (QED) is 0.418. The highest BCUT2D eigenvalue weighted by molar-refractivity contribution is 5.67. The Hall–Kier alpha value is -3.96. The molecule has 1 heterocycles. The number of aromatic nitrogens is 3. The van der Waals surface area contributed by atoms with Gasteiger partial charge in [0.2, 0.25) is 0 Å². The van der Waals surface area contributed by atoms with Gasteiger partial charge in [-0.05, 0) is 35.9 Å². The number of hydrogen-bond acceptors (Lipinski definition) is 5. The van der Waals surface area contributed by atoms with Gasteiger partial charge in [0.25, 0.3) is 0 Å². The van der Waals surface area contributed by atoms with Crippen LogP contribution < -0.4 is 9.47 Å². The first-order valence-corrected chi connectivity index (χ1v) is 9.23. The van der Waals surface area contributed by atoms with Crippen molar-refractivity contribution in [2.45, 2.75) is 25.1 Å². The normalized spacial score (nSPS) is 12.3. The van der Waals surface area contributed by atoms with Crippen LogP contribution in [0.25, 0.3) is 11.3 Å². The van der Waals surface area contributed by atoms with E-state index in [0.29, 0.717) is 12.1 Å². The molecule has 0 aliphatic rings. The van der Waals surface area contributed by atoms with Crippen LogP contribution in [0.1, 0.15) is 22.4 Å². The summed E-state index contributed by atoms with van der Waals surface area (Å²) in [5.74, 6) is -0.695. The molecular weight excluding hydrogens is 499 g/mol. The first kappa shape index (κ1) is 25.7. The Morgan fingerprint density at radius 2 is 1.37 bits per heavy atom. The van der Waals surface area contributed by atoms with Crippen LogP contribution in [0.2, 0.25) is 0 Å². The summed E-state index contributed by atoms with van der Waals surface area (Å²) < 4.78 is 126. The van der Waals surface area contributed by atoms with Crippen molar-refractivity contribution in [2.24, 2.45) is 0 Å². The van der Waals surface area contributed by atoms with E-state index in [1.165, 1.54) is 0 Å². The zero-order chi connectivity index (χ0) is 26.0. The molecule has 1 aromatic heterocycles. The van der Waals surface area contributed by atoms with E-state index in [2.05, 4.69) is 20.1 Å². The molecule has 3 rings (SSSR count). The molecule has 0 bridgehead atoms. The van der Waals surface area contributed by atoms with Gasteiger partial charge in [-0.25, -0.2) is 5.10 Å². The van der Waals surface area contributed by atoms with Crippen molar-refractivity contribution in [3.63, 3.8) is 0 Å². The second-order valence-electron chi connectivity index (χ2n) is 6.95. The smallest absolute Gasteiger partial charge is 0.422 e. The lowest BCUT2D eigenvalue weighted by Gasteiger charge is -2.16. The number of nitrogens with one attached hydrogen (secondary N) is 1. The summed E-state index contributed by atoms with van der Waals surface area (Å²) in [6, 6.07) is 5.73. The summed E-state index contributed by atoms with van der Waals surface area (Å²) in [5.41, 5.74) is -3.91. The molecule has 0 amide bonds. The minimum Gasteiger partial charge on any atom is -0.489 e. The number of ether oxygens (including phenoxy) is 2. The molecule has 0 atom stereocenters. The van der Waals surface area contributed by atoms with E-state index in [-0.39, 0.29) is 28.8 Å². The lowest BCUT2D eigenvalue weighted by Crippen LogP contribution is -2.19. The minimum absolute atomic E-state index is 0.00926. The van der Waals surface area contributed by atoms with Crippen LogP contribution in [0.4, 0.5) is 39.5 Å². The maximum Gasteiger partial charge on any atom is 0.422 e. The Labute approximate surface area is 189 Å². The molecule has 0 unspecified atom stereocenters. The topological polar surface area (TPSA) is 83.8 Å². The average Bonchev–Trinajstić information content (AvgIpc) is 3.23. The van der Waals surface area contributed by atoms with Crippen molar-refractivity contribution in [1.29, 1.82) is 5.26 Å². The minimum atomic E-state index is -5.07. The molecule has 35 heavy (non-hydrogen) atoms. The zero-order valence-electron chi connectivity index (χ0n) is 16.9. The number of hydrogen-bond donors (Lipinski definition) is 1. The fourth-order valence-corrected chi connectivity index (χ4v) is 2.82. The third-order valence-electron chi connectivity index (χ3n) is 4.27. The van der Waals surface area contributed by atoms with Gasteiger partial charge in [-0.1, -0.05) is 5.21 Å². The number of rotatable bonds is 6. The molecule has 0 saturated heterocycles. The summed E-state index contributed by atoms with van der Waals surface area (Å²) >= 11 is 0. The third kappa shape index (κ3) is 6.78. The van der Waals surface area contributed by atoms with Crippen LogP contribution in [0.15, 0.2) is 36.4 Å². The summed E-state index contributed by atoms with van der Waals surface area (Å²) in [6.07, 6.45) is -14.9. The molecular formula is C20H11F9N4O2. The van der Waals surface area contributed by atoms with E-state index in [1.54, 1.807) is 6.07 Å². The monoisotopic (exact) mass is 510 g/mol. The van der Waals surface area contributed by atoms with Gasteiger partial charge in [-0.15, -0.1) is 5.10 Å². The first-order valence-electron chi connectivity index (χ1n) is 9.23. The second-order valence-corrected chi connectivity index (χ2v) is 6.95. The number of halogens is 9. The Kier molecular flexibility index (Phi) is 6.86. The van der Waals surface area contributed by atoms with E-state index >= 15 is 0 Å². The van der Waals surface area contributed by atoms with Crippen LogP contribution >= 0.6 is 0 Å². The highest BCUT2D eigenvalue weighted by atomic mass is 19.4. The third-order valence-corrected chi connectivity index (χ3v) is 4.27. The summed E-state index contributed by atoms with van der Waals surface area (Å²) in [7, 11) is 0. The van der Waals surface area contributed by atoms with Gasteiger partial charge in [0, 0.05) is 11.6 Å². The van der Waals surface area contributed by atoms with Gasteiger partial charge in [-0.3, -0.25) is 0 Å². The fraction of sp³-hybridized carbons (Fsp3) is 0.250. The SMILES string of the molecule is N#Cc1[nH]nnc1-c1cc(OCc2cc(C(F)(F)F)cc(C(F)(F)F)c2)cc(OCC(F)(F)F)c1. The molecule has 2 aromatic carbocycles. The van der Waals surface area contributed by atoms with Crippen molar-refractivity contribution in [3.8, 4) is 28.8 Å². The van der Waals surface area contributed by atoms with Gasteiger partial charge in [0.15, 0.2) is 12.3 Å². The van der Waals surface area contributed by atoms with Gasteiger partial charge < -0.3 is 9.47 Å². The fourth-order valence-electron chi connectivity index (χ4n) is 2.82. The molecule has 0 aliphatic heterocycles. The lowest BCUT2D eigenvalue weighted by molar-refractivity contribution is -0.153. The van der Waals surface area contributed by atoms with E-state index in [1.807, 2.05) is 0 Å². The predicted molar refractivity (Wildman–Crippen MR) is 98.9 cm³/mol. The lowest BCUT2D eigenvalue weighted by atomic mass is 10.1. The average molecular weight is 510 g/mol. The van der Waals surface area contributed by atoms with Crippen LogP contribution in [0.3, 0.4) is 0 Å². The number of H-pyrrole nitrogens is 1. The predicted octanol–water partition coefficient (Wildman–Crippen LogP) is 5.90. The molecule has 0 fully saturated rings. The number of aromatic amines is 1. The largest absolute Gasteiger partial charge is 0.489 e. The van der Waals surface area contributed by atoms with Crippen LogP contribution in [-0.4, -0.2) is 28.2 Å². The summed E-state index contributed by atoms with van der Waals surface area (Å²) in [6.45, 7) is -2.51. The summed E-state index contributed by atoms with van der Waals surface area (Å²) in [5, 5.41) is 18.4. The Bertz CT molecular complexity index is 1210. The summed E-state index contributed by atoms with van der Waals surface area (Å²) in [4.78, 5) is 0. The van der Waals surface area contributed by atoms with E-state index in [9.17, 15) is 39.5 Å². The standard InChI is InChI=1S/C20H11F9N4O2/c21-18(22,23)9-35-15-4-11(17-16(7-30)31-33-32-17)3-14(6-15)34-8-10-1-12(19(24,25)26)5-13(2-10)20(27,28)29/h1-6H,8-9H2,(H,31,32,33). The van der Waals surface area contributed by atoms with Crippen molar-refractivity contribution in [1.82, 2.24) is 15.4 Å². The highest BCUT2D eigenvalue weighted by Crippen LogP contribution is 2.37. The molecule has 0 spiro atoms. The van der Waals surface area contributed by atoms with Crippen molar-refractivity contribution >= 4 is 0 Å². The van der Waals surface area contributed by atoms with Gasteiger partial charge in [0.1, 0.15) is 29.9 Å². The Morgan fingerprint density at radius 3 is 1.89 bits per heavy atom. The molecule has 0 aliphatic carbocycles. The molecule has 15 heteroatoms. The molecule has 3 aromatic rings. The number of nitrogens with zero attached hydrogens (tertiary/aromatic N) is 3. The molecule has 6 nitrogen and oxygen atoms in total. The van der Waals surface area contributed by atoms with Crippen LogP contribution in [0.5, 0.6) is 11.5 Å². The highest BCUT2D eigenvalue weighted by Gasteiger charge is 2.37. The zero-order valence-corrected chi connectivity index (χ0v) is 16.9. The number of benzene rings is 2. The Morgan fingerprint density at radius 1 is 0.800 bits per heavy atom. The van der Waals surface area contributed by atoms with Gasteiger partial charge >= 0.3 is 18.5 Å². The Balaban J connectivity index is 1.96. The van der Waals surface area contributed by atoms with Gasteiger partial charge in [0.05, 0.1) is 11.1 Å². The molecule has 1 N–H and O–H groups in total. The molecule has 186 valence electrons. The van der Waals surface area contributed by atoms with Crippen LogP contribution in [0, 0.1) is 11.3 Å². The molecule has 0 radical (unpaired) electrons. The van der Waals surface area contributed by atoms with Crippen LogP contribution in [-0.2, 0) is 19.0 Å². The maximum absolute atomic E-state index is 13.1. The van der Waals surface area contributed by atoms with Crippen molar-refractivity contribution in [3.05, 3.63) is 58.8 Å². The number of nitriles is 1. The van der Waals surface area contributed by atoms with Crippen molar-refractivity contribution in [2.75, 3.05) is 6.61 Å². The van der Waals surface area contributed by atoms with E-state index in [0.717, 1.165) is 18.2 Å². The van der Waals surface area contributed by atoms with E-state index < -0.39 is 54.2 Å².